The van der Waals surface area contributed by atoms with E-state index in [2.05, 4.69) is 17.2 Å². The molecular weight excluding hydrogens is 172 g/mol. The van der Waals surface area contributed by atoms with Crippen LogP contribution < -0.4 is 5.73 Å². The summed E-state index contributed by atoms with van der Waals surface area (Å²) in [6.07, 6.45) is 1.03. The molecule has 0 aliphatic heterocycles. The van der Waals surface area contributed by atoms with Gasteiger partial charge in [-0.3, -0.25) is 0 Å². The molecule has 2 N–H and O–H groups in total. The Morgan fingerprint density at radius 1 is 1.67 bits per heavy atom. The Labute approximate surface area is 76.8 Å². The van der Waals surface area contributed by atoms with Crippen LogP contribution in [0.25, 0.3) is 0 Å². The highest BCUT2D eigenvalue weighted by molar-refractivity contribution is 7.80. The van der Waals surface area contributed by atoms with E-state index in [9.17, 15) is 0 Å². The smallest absolute Gasteiger partial charge is 0.142 e. The van der Waals surface area contributed by atoms with E-state index in [4.69, 9.17) is 18.0 Å². The first kappa shape index (κ1) is 9.12. The number of rotatable bonds is 3. The average Bonchev–Trinajstić information content (AvgIpc) is 2.34. The maximum absolute atomic E-state index is 5.44. The molecule has 66 valence electrons. The van der Waals surface area contributed by atoms with E-state index in [1.54, 1.807) is 0 Å². The van der Waals surface area contributed by atoms with Crippen LogP contribution in [-0.4, -0.2) is 20.0 Å². The molecule has 0 aromatic carbocycles. The number of nitrogens with zero attached hydrogens (tertiary/aromatic N) is 3. The van der Waals surface area contributed by atoms with Crippen LogP contribution >= 0.6 is 12.2 Å². The lowest BCUT2D eigenvalue weighted by atomic mass is 10.3. The molecule has 0 saturated carbocycles. The number of nitrogens with two attached hydrogens (primary N) is 1. The minimum Gasteiger partial charge on any atom is -0.388 e. The quantitative estimate of drug-likeness (QED) is 0.700. The monoisotopic (exact) mass is 184 g/mol. The molecule has 1 aromatic rings. The molecular formula is C7H12N4S. The standard InChI is InChI=1S/C7H12N4S/c1-3-4-11-5(2)6(7(8)12)9-10-11/h3-4H2,1-2H3,(H2,8,12). The summed E-state index contributed by atoms with van der Waals surface area (Å²) in [5.74, 6) is 0. The molecule has 0 unspecified atom stereocenters. The minimum absolute atomic E-state index is 0.315. The van der Waals surface area contributed by atoms with Gasteiger partial charge in [-0.05, 0) is 13.3 Å². The van der Waals surface area contributed by atoms with Crippen LogP contribution in [-0.2, 0) is 6.54 Å². The molecule has 5 heteroatoms. The van der Waals surface area contributed by atoms with Crippen LogP contribution in [0.1, 0.15) is 24.7 Å². The fourth-order valence-corrected chi connectivity index (χ4v) is 1.20. The Bertz CT molecular complexity index is 292. The van der Waals surface area contributed by atoms with Gasteiger partial charge in [-0.15, -0.1) is 5.10 Å². The van der Waals surface area contributed by atoms with Crippen molar-refractivity contribution in [3.05, 3.63) is 11.4 Å². The highest BCUT2D eigenvalue weighted by atomic mass is 32.1. The highest BCUT2D eigenvalue weighted by Gasteiger charge is 2.08. The predicted molar refractivity (Wildman–Crippen MR) is 50.9 cm³/mol. The van der Waals surface area contributed by atoms with Crippen molar-refractivity contribution in [3.63, 3.8) is 0 Å². The highest BCUT2D eigenvalue weighted by Crippen LogP contribution is 2.03. The molecule has 0 aliphatic rings. The SMILES string of the molecule is CCCn1nnc(C(N)=S)c1C. The van der Waals surface area contributed by atoms with Gasteiger partial charge in [-0.2, -0.15) is 0 Å². The minimum atomic E-state index is 0.315. The predicted octanol–water partition coefficient (Wildman–Crippen LogP) is 0.631. The first-order valence-corrected chi connectivity index (χ1v) is 4.27. The zero-order chi connectivity index (χ0) is 9.14. The van der Waals surface area contributed by atoms with Gasteiger partial charge < -0.3 is 5.73 Å². The van der Waals surface area contributed by atoms with Crippen LogP contribution in [0.5, 0.6) is 0 Å². The van der Waals surface area contributed by atoms with Crippen molar-refractivity contribution in [2.45, 2.75) is 26.8 Å². The lowest BCUT2D eigenvalue weighted by molar-refractivity contribution is 0.566. The molecule has 0 radical (unpaired) electrons. The average molecular weight is 184 g/mol. The molecule has 1 aromatic heterocycles. The number of hydrogen-bond acceptors (Lipinski definition) is 3. The molecule has 0 aliphatic carbocycles. The molecule has 0 amide bonds. The summed E-state index contributed by atoms with van der Waals surface area (Å²) < 4.78 is 1.81. The molecule has 0 saturated heterocycles. The Kier molecular flexibility index (Phi) is 2.75. The van der Waals surface area contributed by atoms with E-state index in [1.807, 2.05) is 11.6 Å². The summed E-state index contributed by atoms with van der Waals surface area (Å²) in [7, 11) is 0. The topological polar surface area (TPSA) is 56.7 Å². The third kappa shape index (κ3) is 1.61. The van der Waals surface area contributed by atoms with Crippen molar-refractivity contribution >= 4 is 17.2 Å². The summed E-state index contributed by atoms with van der Waals surface area (Å²) >= 11 is 4.81. The summed E-state index contributed by atoms with van der Waals surface area (Å²) in [6.45, 7) is 4.87. The lowest BCUT2D eigenvalue weighted by Crippen LogP contribution is -2.12. The van der Waals surface area contributed by atoms with Crippen molar-refractivity contribution in [3.8, 4) is 0 Å². The van der Waals surface area contributed by atoms with Crippen LogP contribution in [0.3, 0.4) is 0 Å². The van der Waals surface area contributed by atoms with Crippen LogP contribution in [0.15, 0.2) is 0 Å². The largest absolute Gasteiger partial charge is 0.388 e. The van der Waals surface area contributed by atoms with Crippen molar-refractivity contribution in [2.75, 3.05) is 0 Å². The first-order chi connectivity index (χ1) is 5.66. The summed E-state index contributed by atoms with van der Waals surface area (Å²) in [5, 5.41) is 7.81. The fraction of sp³-hybridized carbons (Fsp3) is 0.571. The molecule has 0 atom stereocenters. The van der Waals surface area contributed by atoms with E-state index in [-0.39, 0.29) is 0 Å². The van der Waals surface area contributed by atoms with E-state index < -0.39 is 0 Å². The third-order valence-electron chi connectivity index (χ3n) is 1.65. The zero-order valence-electron chi connectivity index (χ0n) is 7.24. The third-order valence-corrected chi connectivity index (χ3v) is 1.84. The molecule has 4 nitrogen and oxygen atoms in total. The molecule has 12 heavy (non-hydrogen) atoms. The molecule has 0 spiro atoms. The zero-order valence-corrected chi connectivity index (χ0v) is 8.06. The van der Waals surface area contributed by atoms with Gasteiger partial charge in [0.05, 0.1) is 5.69 Å². The maximum atomic E-state index is 5.44. The van der Waals surface area contributed by atoms with E-state index in [1.165, 1.54) is 0 Å². The molecule has 0 bridgehead atoms. The second-order valence-corrected chi connectivity index (χ2v) is 3.05. The normalized spacial score (nSPS) is 10.2. The molecule has 1 heterocycles. The van der Waals surface area contributed by atoms with Crippen LogP contribution in [0, 0.1) is 6.92 Å². The van der Waals surface area contributed by atoms with Crippen LogP contribution in [0.2, 0.25) is 0 Å². The number of aryl methyl sites for hydroxylation is 1. The summed E-state index contributed by atoms with van der Waals surface area (Å²) in [4.78, 5) is 0.315. The Morgan fingerprint density at radius 3 is 2.75 bits per heavy atom. The van der Waals surface area contributed by atoms with E-state index >= 15 is 0 Å². The van der Waals surface area contributed by atoms with Gasteiger partial charge in [0, 0.05) is 6.54 Å². The van der Waals surface area contributed by atoms with Crippen molar-refractivity contribution in [1.82, 2.24) is 15.0 Å². The number of hydrogen-bond donors (Lipinski definition) is 1. The summed E-state index contributed by atoms with van der Waals surface area (Å²) in [5.41, 5.74) is 7.03. The maximum Gasteiger partial charge on any atom is 0.142 e. The molecule has 1 rings (SSSR count). The van der Waals surface area contributed by atoms with Gasteiger partial charge in [-0.1, -0.05) is 24.4 Å². The van der Waals surface area contributed by atoms with E-state index in [0.29, 0.717) is 10.7 Å². The molecule has 0 fully saturated rings. The van der Waals surface area contributed by atoms with E-state index in [0.717, 1.165) is 18.7 Å². The number of thiocarbonyl (C=S) groups is 1. The lowest BCUT2D eigenvalue weighted by Gasteiger charge is -1.99. The van der Waals surface area contributed by atoms with Crippen molar-refractivity contribution in [2.24, 2.45) is 5.73 Å². The van der Waals surface area contributed by atoms with Crippen molar-refractivity contribution < 1.29 is 0 Å². The number of aromatic nitrogens is 3. The van der Waals surface area contributed by atoms with Gasteiger partial charge >= 0.3 is 0 Å². The second-order valence-electron chi connectivity index (χ2n) is 2.61. The van der Waals surface area contributed by atoms with Gasteiger partial charge in [0.15, 0.2) is 0 Å². The summed E-state index contributed by atoms with van der Waals surface area (Å²) in [6, 6.07) is 0. The Morgan fingerprint density at radius 2 is 2.33 bits per heavy atom. The van der Waals surface area contributed by atoms with Gasteiger partial charge in [0.25, 0.3) is 0 Å². The van der Waals surface area contributed by atoms with Crippen LogP contribution in [0.4, 0.5) is 0 Å². The Balaban J connectivity index is 2.96. The fourth-order valence-electron chi connectivity index (χ4n) is 1.01. The van der Waals surface area contributed by atoms with Crippen molar-refractivity contribution in [1.29, 1.82) is 0 Å². The van der Waals surface area contributed by atoms with Gasteiger partial charge in [0.2, 0.25) is 0 Å². The van der Waals surface area contributed by atoms with Gasteiger partial charge in [0.1, 0.15) is 10.7 Å². The first-order valence-electron chi connectivity index (χ1n) is 3.86. The second kappa shape index (κ2) is 3.62. The van der Waals surface area contributed by atoms with Gasteiger partial charge in [-0.25, -0.2) is 4.68 Å². The Hall–Kier alpha value is -0.970.